The van der Waals surface area contributed by atoms with E-state index in [0.717, 1.165) is 49.7 Å². The second-order valence-corrected chi connectivity index (χ2v) is 9.29. The molecular weight excluding hydrogens is 428 g/mol. The van der Waals surface area contributed by atoms with E-state index < -0.39 is 12.2 Å². The molecule has 0 spiro atoms. The van der Waals surface area contributed by atoms with E-state index in [1.54, 1.807) is 0 Å². The Hall–Kier alpha value is -1.40. The number of hydrogen-bond acceptors (Lipinski definition) is 5. The lowest BCUT2D eigenvalue weighted by molar-refractivity contribution is -0.144. The molecule has 1 aromatic carbocycles. The Kier molecular flexibility index (Phi) is 12.3. The second kappa shape index (κ2) is 14.7. The molecule has 5 atom stereocenters. The summed E-state index contributed by atoms with van der Waals surface area (Å²) in [4.78, 5) is 11.4. The number of alkyl halides is 1. The highest BCUT2D eigenvalue weighted by molar-refractivity contribution is 6.21. The summed E-state index contributed by atoms with van der Waals surface area (Å²) in [6.07, 6.45) is 10.4. The smallest absolute Gasteiger partial charge is 0.305 e. The molecule has 180 valence electrons. The highest BCUT2D eigenvalue weighted by atomic mass is 35.5. The first-order valence-electron chi connectivity index (χ1n) is 12.0. The van der Waals surface area contributed by atoms with Gasteiger partial charge in [0.15, 0.2) is 0 Å². The topological polar surface area (TPSA) is 87.0 Å². The molecule has 0 bridgehead atoms. The van der Waals surface area contributed by atoms with Crippen LogP contribution >= 0.6 is 11.6 Å². The van der Waals surface area contributed by atoms with E-state index in [9.17, 15) is 15.0 Å². The van der Waals surface area contributed by atoms with E-state index in [4.69, 9.17) is 21.4 Å². The van der Waals surface area contributed by atoms with Crippen molar-refractivity contribution in [2.45, 2.75) is 88.2 Å². The first kappa shape index (κ1) is 26.8. The van der Waals surface area contributed by atoms with Gasteiger partial charge in [0.2, 0.25) is 0 Å². The third kappa shape index (κ3) is 8.51. The molecule has 0 radical (unpaired) electrons. The zero-order valence-corrected chi connectivity index (χ0v) is 19.9. The number of aliphatic hydroxyl groups excluding tert-OH is 3. The Morgan fingerprint density at radius 2 is 1.97 bits per heavy atom. The fourth-order valence-electron chi connectivity index (χ4n) is 4.49. The zero-order valence-electron chi connectivity index (χ0n) is 19.2. The first-order valence-corrected chi connectivity index (χ1v) is 12.4. The average Bonchev–Trinajstić information content (AvgIpc) is 3.07. The molecule has 2 rings (SSSR count). The second-order valence-electron chi connectivity index (χ2n) is 8.73. The Morgan fingerprint density at radius 3 is 2.66 bits per heavy atom. The van der Waals surface area contributed by atoms with Crippen LogP contribution in [0.25, 0.3) is 0 Å². The van der Waals surface area contributed by atoms with Crippen LogP contribution < -0.4 is 0 Å². The fourth-order valence-corrected chi connectivity index (χ4v) is 4.93. The predicted molar refractivity (Wildman–Crippen MR) is 128 cm³/mol. The van der Waals surface area contributed by atoms with Gasteiger partial charge < -0.3 is 20.1 Å². The molecule has 1 unspecified atom stereocenters. The summed E-state index contributed by atoms with van der Waals surface area (Å²) >= 11 is 6.59. The van der Waals surface area contributed by atoms with Crippen molar-refractivity contribution < 1.29 is 24.9 Å². The Balaban J connectivity index is 1.88. The number of aliphatic hydroxyl groups is 3. The maximum absolute atomic E-state index is 11.4. The molecule has 6 heteroatoms. The summed E-state index contributed by atoms with van der Waals surface area (Å²) in [6, 6.07) is 8.00. The van der Waals surface area contributed by atoms with Gasteiger partial charge in [0.1, 0.15) is 6.61 Å². The van der Waals surface area contributed by atoms with Crippen molar-refractivity contribution >= 4 is 17.6 Å². The highest BCUT2D eigenvalue weighted by Gasteiger charge is 2.41. The van der Waals surface area contributed by atoms with Crippen LogP contribution in [0.4, 0.5) is 0 Å². The zero-order chi connectivity index (χ0) is 23.3. The molecule has 0 saturated heterocycles. The van der Waals surface area contributed by atoms with Crippen LogP contribution in [-0.4, -0.2) is 46.0 Å². The molecule has 32 heavy (non-hydrogen) atoms. The normalized spacial score (nSPS) is 24.2. The van der Waals surface area contributed by atoms with Crippen molar-refractivity contribution in [3.05, 3.63) is 47.5 Å². The molecular formula is C26H39ClO5. The summed E-state index contributed by atoms with van der Waals surface area (Å²) in [6.45, 7) is 2.05. The van der Waals surface area contributed by atoms with Gasteiger partial charge in [-0.1, -0.05) is 62.6 Å². The predicted octanol–water partition coefficient (Wildman–Crippen LogP) is 5.02. The fraction of sp³-hybridized carbons (Fsp3) is 0.654. The van der Waals surface area contributed by atoms with E-state index in [1.165, 1.54) is 0 Å². The lowest BCUT2D eigenvalue weighted by Gasteiger charge is -2.23. The summed E-state index contributed by atoms with van der Waals surface area (Å²) < 4.78 is 4.84. The third-order valence-corrected chi connectivity index (χ3v) is 6.78. The average molecular weight is 467 g/mol. The molecule has 1 aliphatic carbocycles. The van der Waals surface area contributed by atoms with Crippen LogP contribution in [0.2, 0.25) is 0 Å². The van der Waals surface area contributed by atoms with Crippen molar-refractivity contribution in [1.29, 1.82) is 0 Å². The van der Waals surface area contributed by atoms with E-state index in [2.05, 4.69) is 19.1 Å². The largest absolute Gasteiger partial charge is 0.463 e. The minimum Gasteiger partial charge on any atom is -0.463 e. The van der Waals surface area contributed by atoms with Crippen molar-refractivity contribution in [1.82, 2.24) is 0 Å². The maximum atomic E-state index is 11.4. The van der Waals surface area contributed by atoms with Crippen LogP contribution in [0.3, 0.4) is 0 Å². The van der Waals surface area contributed by atoms with Gasteiger partial charge >= 0.3 is 5.97 Å². The Morgan fingerprint density at radius 1 is 1.22 bits per heavy atom. The number of esters is 1. The molecule has 1 aromatic rings. The van der Waals surface area contributed by atoms with Crippen LogP contribution in [0.15, 0.2) is 36.4 Å². The minimum absolute atomic E-state index is 0.0260. The molecule has 1 aliphatic rings. The lowest BCUT2D eigenvalue weighted by atomic mass is 9.84. The first-order chi connectivity index (χ1) is 15.5. The van der Waals surface area contributed by atoms with Crippen LogP contribution in [-0.2, 0) is 9.53 Å². The van der Waals surface area contributed by atoms with Gasteiger partial charge in [-0.15, -0.1) is 11.6 Å². The van der Waals surface area contributed by atoms with Crippen molar-refractivity contribution in [3.63, 3.8) is 0 Å². The molecule has 3 N–H and O–H groups in total. The molecule has 0 amide bonds. The summed E-state index contributed by atoms with van der Waals surface area (Å²) in [5.41, 5.74) is 1.99. The maximum Gasteiger partial charge on any atom is 0.305 e. The van der Waals surface area contributed by atoms with E-state index in [1.807, 2.05) is 24.3 Å². The quantitative estimate of drug-likeness (QED) is 0.155. The van der Waals surface area contributed by atoms with E-state index >= 15 is 0 Å². The number of unbranched alkanes of at least 4 members (excludes halogenated alkanes) is 3. The molecule has 1 saturated carbocycles. The van der Waals surface area contributed by atoms with Crippen LogP contribution in [0, 0.1) is 5.92 Å². The number of allylic oxidation sites excluding steroid dienone is 2. The van der Waals surface area contributed by atoms with Gasteiger partial charge in [0, 0.05) is 17.7 Å². The lowest BCUT2D eigenvalue weighted by Crippen LogP contribution is -2.18. The molecule has 0 heterocycles. The van der Waals surface area contributed by atoms with Gasteiger partial charge in [-0.05, 0) is 49.1 Å². The van der Waals surface area contributed by atoms with Gasteiger partial charge in [-0.2, -0.15) is 0 Å². The number of rotatable bonds is 14. The molecule has 0 aliphatic heterocycles. The van der Waals surface area contributed by atoms with Crippen molar-refractivity contribution in [3.8, 4) is 0 Å². The number of carbonyl (C=O) groups is 1. The van der Waals surface area contributed by atoms with E-state index in [0.29, 0.717) is 19.3 Å². The number of ether oxygens (including phenoxy) is 1. The number of benzene rings is 1. The number of hydrogen-bond donors (Lipinski definition) is 3. The van der Waals surface area contributed by atoms with Crippen molar-refractivity contribution in [2.75, 3.05) is 13.2 Å². The number of carbonyl (C=O) groups excluding carboxylic acids is 1. The summed E-state index contributed by atoms with van der Waals surface area (Å²) in [5, 5.41) is 29.6. The van der Waals surface area contributed by atoms with Gasteiger partial charge in [0.25, 0.3) is 0 Å². The van der Waals surface area contributed by atoms with E-state index in [-0.39, 0.29) is 36.4 Å². The number of halogens is 1. The van der Waals surface area contributed by atoms with Gasteiger partial charge in [-0.25, -0.2) is 0 Å². The summed E-state index contributed by atoms with van der Waals surface area (Å²) in [5.74, 6) is -0.175. The molecule has 5 nitrogen and oxygen atoms in total. The summed E-state index contributed by atoms with van der Waals surface area (Å²) in [7, 11) is 0. The Labute approximate surface area is 197 Å². The SMILES string of the molecule is CCCCCC(O)c1ccc([C@@H]2[C@@H](CC=CCCCC(=O)OCCO)[C@H](Cl)C[C@H]2O)cc1. The van der Waals surface area contributed by atoms with Crippen LogP contribution in [0.5, 0.6) is 0 Å². The van der Waals surface area contributed by atoms with Crippen molar-refractivity contribution in [2.24, 2.45) is 5.92 Å². The Bertz CT molecular complexity index is 690. The van der Waals surface area contributed by atoms with Crippen LogP contribution in [0.1, 0.15) is 87.9 Å². The minimum atomic E-state index is -0.475. The third-order valence-electron chi connectivity index (χ3n) is 6.28. The molecule has 1 fully saturated rings. The molecule has 0 aromatic heterocycles. The van der Waals surface area contributed by atoms with Gasteiger partial charge in [-0.3, -0.25) is 4.79 Å². The standard InChI is InChI=1S/C26H39ClO5/c1-2-3-6-10-23(29)19-12-14-20(15-13-19)26-21(22(27)18-24(26)30)9-7-4-5-8-11-25(31)32-17-16-28/h4,7,12-15,21-24,26,28-30H,2-3,5-6,8-11,16-18H2,1H3/t21-,22+,23?,24+,26+/m0/s1. The van der Waals surface area contributed by atoms with Gasteiger partial charge in [0.05, 0.1) is 18.8 Å². The monoisotopic (exact) mass is 466 g/mol. The highest BCUT2D eigenvalue weighted by Crippen LogP contribution is 2.45.